The van der Waals surface area contributed by atoms with Crippen molar-refractivity contribution >= 4 is 35.2 Å². The molecule has 228 valence electrons. The number of allylic oxidation sites excluding steroid dienone is 1. The summed E-state index contributed by atoms with van der Waals surface area (Å²) in [7, 11) is 1.48. The highest BCUT2D eigenvalue weighted by molar-refractivity contribution is 6.26. The van der Waals surface area contributed by atoms with E-state index in [9.17, 15) is 14.4 Å². The smallest absolute Gasteiger partial charge is 0.264 e. The largest absolute Gasteiger partial charge is 0.495 e. The van der Waals surface area contributed by atoms with Crippen molar-refractivity contribution in [1.29, 1.82) is 0 Å². The quantitative estimate of drug-likeness (QED) is 0.350. The minimum atomic E-state index is -1.03. The van der Waals surface area contributed by atoms with Crippen LogP contribution in [0, 0.1) is 19.8 Å². The van der Waals surface area contributed by atoms with Crippen molar-refractivity contribution in [2.45, 2.75) is 51.2 Å². The van der Waals surface area contributed by atoms with Gasteiger partial charge in [0.05, 0.1) is 24.6 Å². The van der Waals surface area contributed by atoms with Crippen LogP contribution in [0.15, 0.2) is 93.8 Å². The van der Waals surface area contributed by atoms with Gasteiger partial charge in [0.1, 0.15) is 12.3 Å². The minimum Gasteiger partial charge on any atom is -0.495 e. The molecule has 3 aliphatic heterocycles. The van der Waals surface area contributed by atoms with Crippen LogP contribution in [0.2, 0.25) is 0 Å². The fraction of sp³-hybridized carbons (Fsp3) is 0.314. The number of methoxy groups -OCH3 is 1. The van der Waals surface area contributed by atoms with Gasteiger partial charge in [0.15, 0.2) is 12.1 Å². The molecule has 0 N–H and O–H groups in total. The Labute approximate surface area is 261 Å². The number of fused-ring (bicyclic) bond motifs is 2. The number of rotatable bonds is 6. The molecule has 0 aromatic heterocycles. The summed E-state index contributed by atoms with van der Waals surface area (Å²) in [5.74, 6) is -0.876. The number of imide groups is 1. The number of carbonyl (C=O) groups is 3. The molecule has 4 aliphatic rings. The third kappa shape index (κ3) is 5.00. The molecule has 3 heterocycles. The summed E-state index contributed by atoms with van der Waals surface area (Å²) in [4.78, 5) is 42.2. The average molecular weight is 603 g/mol. The van der Waals surface area contributed by atoms with Crippen LogP contribution in [0.5, 0.6) is 5.75 Å². The van der Waals surface area contributed by atoms with Gasteiger partial charge in [-0.25, -0.2) is 9.91 Å². The predicted octanol–water partition coefficient (Wildman–Crippen LogP) is 5.43. The third-order valence-corrected chi connectivity index (χ3v) is 9.08. The van der Waals surface area contributed by atoms with Crippen LogP contribution >= 0.6 is 0 Å². The van der Waals surface area contributed by atoms with Crippen LogP contribution in [-0.2, 0) is 14.4 Å². The summed E-state index contributed by atoms with van der Waals surface area (Å²) < 4.78 is 5.40. The van der Waals surface area contributed by atoms with Crippen molar-refractivity contribution in [3.63, 3.8) is 0 Å². The molecule has 4 atom stereocenters. The van der Waals surface area contributed by atoms with Gasteiger partial charge >= 0.3 is 0 Å². The molecule has 2 fully saturated rings. The van der Waals surface area contributed by atoms with Crippen molar-refractivity contribution in [2.75, 3.05) is 18.6 Å². The number of para-hydroxylation sites is 2. The molecule has 0 radical (unpaired) electrons. The van der Waals surface area contributed by atoms with Gasteiger partial charge in [-0.2, -0.15) is 10.2 Å². The second-order valence-electron chi connectivity index (χ2n) is 12.0. The summed E-state index contributed by atoms with van der Waals surface area (Å²) in [6, 6.07) is 21.1. The first-order valence-corrected chi connectivity index (χ1v) is 15.3. The highest BCUT2D eigenvalue weighted by Crippen LogP contribution is 2.45. The Morgan fingerprint density at radius 2 is 1.64 bits per heavy atom. The Morgan fingerprint density at radius 1 is 0.933 bits per heavy atom. The number of hydrogen-bond donors (Lipinski definition) is 0. The Balaban J connectivity index is 1.19. The van der Waals surface area contributed by atoms with Crippen LogP contribution in [0.4, 0.5) is 5.69 Å². The van der Waals surface area contributed by atoms with Crippen LogP contribution in [-0.4, -0.2) is 59.2 Å². The first-order chi connectivity index (χ1) is 21.8. The van der Waals surface area contributed by atoms with Gasteiger partial charge in [-0.15, -0.1) is 0 Å². The van der Waals surface area contributed by atoms with Crippen molar-refractivity contribution in [3.8, 4) is 5.75 Å². The van der Waals surface area contributed by atoms with Gasteiger partial charge in [0, 0.05) is 5.92 Å². The number of aryl methyl sites for hydroxylation is 2. The zero-order chi connectivity index (χ0) is 31.2. The summed E-state index contributed by atoms with van der Waals surface area (Å²) in [6.45, 7) is 3.86. The van der Waals surface area contributed by atoms with Crippen LogP contribution in [0.25, 0.3) is 6.08 Å². The number of ether oxygens (including phenoxy) is 1. The summed E-state index contributed by atoms with van der Waals surface area (Å²) >= 11 is 0. The first kappa shape index (κ1) is 28.6. The maximum atomic E-state index is 14.2. The fourth-order valence-electron chi connectivity index (χ4n) is 6.78. The van der Waals surface area contributed by atoms with Crippen molar-refractivity contribution in [2.24, 2.45) is 21.4 Å². The second kappa shape index (κ2) is 11.4. The Hall–Kier alpha value is -5.12. The van der Waals surface area contributed by atoms with Gasteiger partial charge in [-0.05, 0) is 68.0 Å². The Morgan fingerprint density at radius 3 is 2.38 bits per heavy atom. The van der Waals surface area contributed by atoms with E-state index in [-0.39, 0.29) is 24.4 Å². The molecule has 0 spiro atoms. The monoisotopic (exact) mass is 602 g/mol. The number of anilines is 1. The van der Waals surface area contributed by atoms with Crippen LogP contribution in [0.1, 0.15) is 47.6 Å². The van der Waals surface area contributed by atoms with Crippen molar-refractivity contribution < 1.29 is 19.1 Å². The number of hydrazone groups is 1. The maximum absolute atomic E-state index is 14.2. The molecule has 7 rings (SSSR count). The number of benzene rings is 3. The van der Waals surface area contributed by atoms with Crippen LogP contribution in [0.3, 0.4) is 0 Å². The normalized spacial score (nSPS) is 24.7. The van der Waals surface area contributed by atoms with Crippen molar-refractivity contribution in [1.82, 2.24) is 10.0 Å². The molecule has 0 unspecified atom stereocenters. The van der Waals surface area contributed by atoms with E-state index in [1.165, 1.54) is 17.7 Å². The molecule has 1 aliphatic carbocycles. The molecular formula is C35H34N6O4. The van der Waals surface area contributed by atoms with Gasteiger partial charge in [-0.1, -0.05) is 77.0 Å². The SMILES string of the molecule is COc1ccccc1N1C(=O)[C@@H]2[C@@H](N=NN2CC(=O)N2N=C3/C(=C/c4ccc(C)cc4)CCC[C@@H]3[C@H]2c2ccc(C)cc2)C1=O. The summed E-state index contributed by atoms with van der Waals surface area (Å²) in [6.07, 6.45) is 4.96. The third-order valence-electron chi connectivity index (χ3n) is 9.08. The lowest BCUT2D eigenvalue weighted by Crippen LogP contribution is -2.45. The molecule has 1 saturated carbocycles. The van der Waals surface area contributed by atoms with Crippen molar-refractivity contribution in [3.05, 3.63) is 101 Å². The molecule has 10 nitrogen and oxygen atoms in total. The zero-order valence-corrected chi connectivity index (χ0v) is 25.5. The van der Waals surface area contributed by atoms with Gasteiger partial charge in [0.2, 0.25) is 0 Å². The van der Waals surface area contributed by atoms with Gasteiger partial charge in [0.25, 0.3) is 17.7 Å². The Kier molecular flexibility index (Phi) is 7.27. The van der Waals surface area contributed by atoms with E-state index < -0.39 is 23.9 Å². The number of amides is 3. The topological polar surface area (TPSA) is 107 Å². The van der Waals surface area contributed by atoms with E-state index in [0.717, 1.165) is 52.1 Å². The highest BCUT2D eigenvalue weighted by Gasteiger charge is 2.56. The molecular weight excluding hydrogens is 568 g/mol. The van der Waals surface area contributed by atoms with Gasteiger partial charge < -0.3 is 4.74 Å². The van der Waals surface area contributed by atoms with E-state index in [2.05, 4.69) is 71.9 Å². The van der Waals surface area contributed by atoms with E-state index in [1.54, 1.807) is 29.3 Å². The lowest BCUT2D eigenvalue weighted by Gasteiger charge is -2.30. The first-order valence-electron chi connectivity index (χ1n) is 15.3. The molecule has 10 heteroatoms. The molecule has 3 amide bonds. The molecule has 0 bridgehead atoms. The molecule has 45 heavy (non-hydrogen) atoms. The average Bonchev–Trinajstić information content (AvgIpc) is 3.72. The van der Waals surface area contributed by atoms with Gasteiger partial charge in [-0.3, -0.25) is 19.4 Å². The number of carbonyl (C=O) groups excluding carboxylic acids is 3. The van der Waals surface area contributed by atoms with E-state index >= 15 is 0 Å². The lowest BCUT2D eigenvalue weighted by atomic mass is 9.77. The maximum Gasteiger partial charge on any atom is 0.264 e. The highest BCUT2D eigenvalue weighted by atomic mass is 16.5. The second-order valence-corrected chi connectivity index (χ2v) is 12.0. The number of hydrogen-bond acceptors (Lipinski definition) is 8. The molecule has 3 aromatic rings. The van der Waals surface area contributed by atoms with E-state index in [4.69, 9.17) is 9.84 Å². The zero-order valence-electron chi connectivity index (χ0n) is 25.5. The number of nitrogens with zero attached hydrogens (tertiary/aromatic N) is 6. The summed E-state index contributed by atoms with van der Waals surface area (Å²) in [5.41, 5.74) is 6.83. The fourth-order valence-corrected chi connectivity index (χ4v) is 6.78. The Bertz CT molecular complexity index is 1760. The molecule has 1 saturated heterocycles. The molecule has 3 aromatic carbocycles. The minimum absolute atomic E-state index is 0.0331. The predicted molar refractivity (Wildman–Crippen MR) is 169 cm³/mol. The summed E-state index contributed by atoms with van der Waals surface area (Å²) in [5, 5.41) is 16.2. The standard InChI is InChI=1S/C35H34N6O4/c1-21-11-15-23(16-12-21)19-25-7-6-8-26-30(25)37-41(32(26)24-17-13-22(2)14-18-24)29(42)20-39-33-31(36-38-39)34(43)40(35(33)44)27-9-4-5-10-28(27)45-3/h4-5,9-19,26,31-33H,6-8,20H2,1-3H3/b25-19+/t26-,31+,32+,33-/m0/s1. The van der Waals surface area contributed by atoms with Crippen LogP contribution < -0.4 is 9.64 Å². The van der Waals surface area contributed by atoms with E-state index in [1.807, 2.05) is 6.92 Å². The van der Waals surface area contributed by atoms with E-state index in [0.29, 0.717) is 11.4 Å². The lowest BCUT2D eigenvalue weighted by molar-refractivity contribution is -0.136.